The summed E-state index contributed by atoms with van der Waals surface area (Å²) in [4.78, 5) is 1.24. The minimum absolute atomic E-state index is 0.431. The van der Waals surface area contributed by atoms with Crippen molar-refractivity contribution in [3.63, 3.8) is 0 Å². The maximum Gasteiger partial charge on any atom is 0.0325 e. The second-order valence-electron chi connectivity index (χ2n) is 3.08. The van der Waals surface area contributed by atoms with Crippen molar-refractivity contribution < 1.29 is 0 Å². The molecule has 1 aromatic rings. The number of nitrogens with two attached hydrogens (primary N) is 1. The molecule has 1 rings (SSSR count). The molecule has 0 spiro atoms. The summed E-state index contributed by atoms with van der Waals surface area (Å²) in [6.07, 6.45) is 1.94. The second kappa shape index (κ2) is 4.38. The lowest BCUT2D eigenvalue weighted by Crippen LogP contribution is -1.92. The van der Waals surface area contributed by atoms with Crippen molar-refractivity contribution in [3.05, 3.63) is 36.4 Å². The van der Waals surface area contributed by atoms with Crippen LogP contribution in [0.2, 0.25) is 0 Å². The molecule has 1 atom stereocenters. The van der Waals surface area contributed by atoms with E-state index in [9.17, 15) is 0 Å². The first kappa shape index (κ1) is 10.2. The molecule has 0 saturated heterocycles. The van der Waals surface area contributed by atoms with Crippen molar-refractivity contribution in [1.82, 2.24) is 0 Å². The number of aryl methyl sites for hydroxylation is 1. The summed E-state index contributed by atoms with van der Waals surface area (Å²) in [5.74, 6) is 0. The molecule has 1 unspecified atom stereocenters. The summed E-state index contributed by atoms with van der Waals surface area (Å²) in [5.41, 5.74) is 7.80. The van der Waals surface area contributed by atoms with Gasteiger partial charge in [-0.1, -0.05) is 12.1 Å². The van der Waals surface area contributed by atoms with Gasteiger partial charge in [0.1, 0.15) is 0 Å². The summed E-state index contributed by atoms with van der Waals surface area (Å²) in [6, 6.07) is 5.99. The van der Waals surface area contributed by atoms with Gasteiger partial charge in [-0.25, -0.2) is 0 Å². The zero-order chi connectivity index (χ0) is 9.84. The first-order chi connectivity index (χ1) is 6.13. The Hall–Kier alpha value is -0.890. The molecule has 0 aliphatic heterocycles. The molecule has 0 aliphatic carbocycles. The van der Waals surface area contributed by atoms with Gasteiger partial charge in [-0.2, -0.15) is 0 Å². The van der Waals surface area contributed by atoms with Gasteiger partial charge in [-0.15, -0.1) is 18.3 Å². The van der Waals surface area contributed by atoms with Crippen molar-refractivity contribution in [3.8, 4) is 0 Å². The van der Waals surface area contributed by atoms with Gasteiger partial charge in [-0.3, -0.25) is 0 Å². The zero-order valence-electron chi connectivity index (χ0n) is 8.08. The van der Waals surface area contributed by atoms with Crippen LogP contribution in [0.3, 0.4) is 0 Å². The van der Waals surface area contributed by atoms with Crippen LogP contribution in [-0.4, -0.2) is 5.25 Å². The average molecular weight is 193 g/mol. The first-order valence-electron chi connectivity index (χ1n) is 4.29. The number of thioether (sulfide) groups is 1. The molecule has 0 amide bonds. The number of benzene rings is 1. The van der Waals surface area contributed by atoms with Crippen LogP contribution in [0.25, 0.3) is 0 Å². The van der Waals surface area contributed by atoms with Crippen LogP contribution in [0.4, 0.5) is 5.69 Å². The van der Waals surface area contributed by atoms with E-state index in [1.807, 2.05) is 24.3 Å². The third-order valence-corrected chi connectivity index (χ3v) is 3.11. The summed E-state index contributed by atoms with van der Waals surface area (Å²) in [6.45, 7) is 7.98. The highest BCUT2D eigenvalue weighted by atomic mass is 32.2. The fourth-order valence-electron chi connectivity index (χ4n) is 0.992. The largest absolute Gasteiger partial charge is 0.399 e. The molecule has 0 bridgehead atoms. The average Bonchev–Trinajstić information content (AvgIpc) is 2.11. The summed E-state index contributed by atoms with van der Waals surface area (Å²) in [7, 11) is 0. The number of anilines is 1. The molecule has 0 radical (unpaired) electrons. The van der Waals surface area contributed by atoms with Gasteiger partial charge in [0.25, 0.3) is 0 Å². The van der Waals surface area contributed by atoms with E-state index in [1.165, 1.54) is 10.5 Å². The van der Waals surface area contributed by atoms with Crippen LogP contribution in [-0.2, 0) is 0 Å². The number of nitrogen functional groups attached to an aromatic ring is 1. The molecule has 0 heterocycles. The molecule has 2 heteroatoms. The standard InChI is InChI=1S/C11H15NS/c1-4-9(3)13-11-7-10(12)6-5-8(11)2/h4-7,9H,1,12H2,2-3H3. The first-order valence-corrected chi connectivity index (χ1v) is 5.17. The fourth-order valence-corrected chi connectivity index (χ4v) is 1.95. The Balaban J connectivity index is 2.86. The highest BCUT2D eigenvalue weighted by Crippen LogP contribution is 2.28. The molecule has 0 aliphatic rings. The minimum atomic E-state index is 0.431. The molecule has 70 valence electrons. The quantitative estimate of drug-likeness (QED) is 0.453. The maximum absolute atomic E-state index is 5.71. The van der Waals surface area contributed by atoms with E-state index in [4.69, 9.17) is 5.73 Å². The third-order valence-electron chi connectivity index (χ3n) is 1.86. The third kappa shape index (κ3) is 2.81. The SMILES string of the molecule is C=CC(C)Sc1cc(N)ccc1C. The Kier molecular flexibility index (Phi) is 3.43. The number of hydrogen-bond acceptors (Lipinski definition) is 2. The topological polar surface area (TPSA) is 26.0 Å². The number of rotatable bonds is 3. The zero-order valence-corrected chi connectivity index (χ0v) is 8.90. The molecule has 0 aromatic heterocycles. The summed E-state index contributed by atoms with van der Waals surface area (Å²) >= 11 is 1.79. The van der Waals surface area contributed by atoms with Gasteiger partial charge in [0.15, 0.2) is 0 Å². The lowest BCUT2D eigenvalue weighted by atomic mass is 10.2. The van der Waals surface area contributed by atoms with Crippen LogP contribution in [0.5, 0.6) is 0 Å². The minimum Gasteiger partial charge on any atom is -0.399 e. The lowest BCUT2D eigenvalue weighted by Gasteiger charge is -2.09. The van der Waals surface area contributed by atoms with E-state index in [1.54, 1.807) is 11.8 Å². The van der Waals surface area contributed by atoms with Crippen molar-refractivity contribution in [2.75, 3.05) is 5.73 Å². The second-order valence-corrected chi connectivity index (χ2v) is 4.50. The predicted octanol–water partition coefficient (Wildman–Crippen LogP) is 3.24. The summed E-state index contributed by atoms with van der Waals surface area (Å²) in [5, 5.41) is 0.431. The number of hydrogen-bond donors (Lipinski definition) is 1. The molecule has 1 aromatic carbocycles. The van der Waals surface area contributed by atoms with Crippen LogP contribution in [0.1, 0.15) is 12.5 Å². The molecule has 2 N–H and O–H groups in total. The Morgan fingerprint density at radius 3 is 2.85 bits per heavy atom. The van der Waals surface area contributed by atoms with Gasteiger partial charge in [0.05, 0.1) is 0 Å². The molecule has 13 heavy (non-hydrogen) atoms. The van der Waals surface area contributed by atoms with Gasteiger partial charge < -0.3 is 5.73 Å². The van der Waals surface area contributed by atoms with E-state index >= 15 is 0 Å². The molecular formula is C11H15NS. The van der Waals surface area contributed by atoms with E-state index in [0.717, 1.165) is 5.69 Å². The Labute approximate surface area is 84.0 Å². The molecule has 1 nitrogen and oxygen atoms in total. The molecular weight excluding hydrogens is 178 g/mol. The van der Waals surface area contributed by atoms with Crippen molar-refractivity contribution in [2.24, 2.45) is 0 Å². The van der Waals surface area contributed by atoms with E-state index in [2.05, 4.69) is 20.4 Å². The Morgan fingerprint density at radius 2 is 2.23 bits per heavy atom. The Morgan fingerprint density at radius 1 is 1.54 bits per heavy atom. The van der Waals surface area contributed by atoms with E-state index in [0.29, 0.717) is 5.25 Å². The van der Waals surface area contributed by atoms with Crippen molar-refractivity contribution >= 4 is 17.4 Å². The molecule has 0 fully saturated rings. The smallest absolute Gasteiger partial charge is 0.0325 e. The van der Waals surface area contributed by atoms with Crippen LogP contribution < -0.4 is 5.73 Å². The molecule has 0 saturated carbocycles. The van der Waals surface area contributed by atoms with Crippen LogP contribution in [0, 0.1) is 6.92 Å². The summed E-state index contributed by atoms with van der Waals surface area (Å²) < 4.78 is 0. The normalized spacial score (nSPS) is 12.5. The maximum atomic E-state index is 5.71. The van der Waals surface area contributed by atoms with Gasteiger partial charge >= 0.3 is 0 Å². The van der Waals surface area contributed by atoms with Gasteiger partial charge in [0, 0.05) is 15.8 Å². The van der Waals surface area contributed by atoms with Crippen molar-refractivity contribution in [2.45, 2.75) is 24.0 Å². The predicted molar refractivity (Wildman–Crippen MR) is 61.1 cm³/mol. The van der Waals surface area contributed by atoms with Crippen LogP contribution >= 0.6 is 11.8 Å². The van der Waals surface area contributed by atoms with Crippen molar-refractivity contribution in [1.29, 1.82) is 0 Å². The lowest BCUT2D eigenvalue weighted by molar-refractivity contribution is 1.22. The van der Waals surface area contributed by atoms with E-state index < -0.39 is 0 Å². The van der Waals surface area contributed by atoms with Gasteiger partial charge in [0.2, 0.25) is 0 Å². The monoisotopic (exact) mass is 193 g/mol. The highest BCUT2D eigenvalue weighted by Gasteiger charge is 2.03. The Bertz CT molecular complexity index is 307. The highest BCUT2D eigenvalue weighted by molar-refractivity contribution is 8.00. The van der Waals surface area contributed by atoms with Gasteiger partial charge in [-0.05, 0) is 31.5 Å². The fraction of sp³-hybridized carbons (Fsp3) is 0.273. The van der Waals surface area contributed by atoms with E-state index in [-0.39, 0.29) is 0 Å². The van der Waals surface area contributed by atoms with Crippen LogP contribution in [0.15, 0.2) is 35.7 Å².